The van der Waals surface area contributed by atoms with Gasteiger partial charge in [-0.3, -0.25) is 38.4 Å². The first-order valence-corrected chi connectivity index (χ1v) is 44.8. The van der Waals surface area contributed by atoms with Gasteiger partial charge >= 0.3 is 0 Å². The number of carbonyl (C=O) groups excluding carboxylic acids is 8. The molecular formula is C105H222N14O10S. The minimum Gasteiger partial charge on any atom is -0.448 e. The first-order chi connectivity index (χ1) is 54.1. The van der Waals surface area contributed by atoms with E-state index in [1.165, 1.54) is 11.4 Å². The minimum absolute atomic E-state index is 0. The van der Waals surface area contributed by atoms with Crippen LogP contribution in [0.5, 0.6) is 0 Å². The minimum atomic E-state index is -0.304. The SMILES string of the molecule is C.C.C.C.C.C.C.C.C.CC(C)(C)C.CC(C)(C)C(=O)N1CCOCC1.CC(C)(C)c1ncc[nH]1.CC(C)(C)c1ncco1.CC(C)(C)c1nccs1.CC1CN(C(=O)C(C)(C)C)C1.CN(C)C(=O)C(C)(C)C.CN1CCN(C(=O)C(C)(C)C)CC1.CN1CCN(C(=O)C(C)(C)C)CC1.CNC(=O)C(C)(C)C.CNC(=O)C(C)(C)C(C)(C)C.CNC(=O)C1(C(C)(C)C)CCC1. The average Bonchev–Trinajstić information content (AvgIpc) is 0.881. The van der Waals surface area contributed by atoms with Crippen LogP contribution in [0.2, 0.25) is 0 Å². The van der Waals surface area contributed by atoms with Crippen molar-refractivity contribution in [2.75, 3.05) is 141 Å². The number of hydrogen-bond donors (Lipinski definition) is 4. The van der Waals surface area contributed by atoms with Crippen LogP contribution in [0.4, 0.5) is 0 Å². The fourth-order valence-corrected chi connectivity index (χ4v) is 11.9. The van der Waals surface area contributed by atoms with E-state index in [-0.39, 0.29) is 184 Å². The molecule has 5 fully saturated rings. The van der Waals surface area contributed by atoms with Crippen LogP contribution in [-0.2, 0) is 59.3 Å². The predicted molar refractivity (Wildman–Crippen MR) is 567 cm³/mol. The maximum atomic E-state index is 11.8. The highest BCUT2D eigenvalue weighted by Crippen LogP contribution is 2.53. The third-order valence-corrected chi connectivity index (χ3v) is 21.3. The number of thiazole rings is 1. The summed E-state index contributed by atoms with van der Waals surface area (Å²) in [7, 11) is 12.8. The molecule has 8 rings (SSSR count). The second-order valence-electron chi connectivity index (χ2n) is 46.3. The van der Waals surface area contributed by atoms with Crippen molar-refractivity contribution in [1.82, 2.24) is 70.2 Å². The molecule has 4 saturated heterocycles. The topological polar surface area (TPSA) is 272 Å². The van der Waals surface area contributed by atoms with Gasteiger partial charge in [-0.15, -0.1) is 11.3 Å². The van der Waals surface area contributed by atoms with Gasteiger partial charge in [-0.1, -0.05) is 350 Å². The number of oxazole rings is 1. The molecule has 7 heterocycles. The van der Waals surface area contributed by atoms with E-state index in [4.69, 9.17) is 9.15 Å². The van der Waals surface area contributed by atoms with Gasteiger partial charge in [-0.25, -0.2) is 15.0 Å². The van der Waals surface area contributed by atoms with Crippen molar-refractivity contribution >= 4 is 58.6 Å². The van der Waals surface area contributed by atoms with E-state index in [9.17, 15) is 38.4 Å². The Morgan fingerprint density at radius 1 is 0.431 bits per heavy atom. The highest BCUT2D eigenvalue weighted by molar-refractivity contribution is 7.09. The lowest BCUT2D eigenvalue weighted by Crippen LogP contribution is -2.52. The Labute approximate surface area is 810 Å². The largest absolute Gasteiger partial charge is 0.448 e. The Kier molecular flexibility index (Phi) is 75.5. The van der Waals surface area contributed by atoms with Crippen molar-refractivity contribution in [3.05, 3.63) is 53.2 Å². The molecule has 130 heavy (non-hydrogen) atoms. The number of piperazine rings is 2. The molecule has 1 saturated carbocycles. The Morgan fingerprint density at radius 2 is 0.777 bits per heavy atom. The summed E-state index contributed by atoms with van der Waals surface area (Å²) in [6, 6.07) is 0. The molecule has 1 aliphatic carbocycles. The Balaban J connectivity index is -0.000000104. The third kappa shape index (κ3) is 62.3. The van der Waals surface area contributed by atoms with E-state index in [1.807, 2.05) is 176 Å². The van der Waals surface area contributed by atoms with E-state index in [0.29, 0.717) is 24.5 Å². The van der Waals surface area contributed by atoms with E-state index in [1.54, 1.807) is 70.1 Å². The quantitative estimate of drug-likeness (QED) is 0.186. The Morgan fingerprint density at radius 3 is 0.931 bits per heavy atom. The second kappa shape index (κ2) is 64.6. The van der Waals surface area contributed by atoms with Gasteiger partial charge in [0.05, 0.1) is 29.8 Å². The number of carbonyl (C=O) groups is 8. The summed E-state index contributed by atoms with van der Waals surface area (Å²) in [5, 5.41) is 11.2. The number of nitrogens with zero attached hydrogens (tertiary/aromatic N) is 10. The van der Waals surface area contributed by atoms with Crippen LogP contribution in [0, 0.1) is 65.5 Å². The third-order valence-electron chi connectivity index (χ3n) is 20.1. The summed E-state index contributed by atoms with van der Waals surface area (Å²) < 4.78 is 10.3. The van der Waals surface area contributed by atoms with Gasteiger partial charge in [-0.05, 0) is 49.1 Å². The zero-order valence-electron chi connectivity index (χ0n) is 86.5. The molecular weight excluding hydrogens is 1650 g/mol. The van der Waals surface area contributed by atoms with Crippen molar-refractivity contribution in [3.63, 3.8) is 0 Å². The fraction of sp³-hybridized carbons (Fsp3) is 0.838. The first-order valence-electron chi connectivity index (χ1n) is 43.9. The lowest BCUT2D eigenvalue weighted by molar-refractivity contribution is -0.146. The zero-order chi connectivity index (χ0) is 96.3. The number of likely N-dealkylation sites (N-methyl/N-ethyl adjacent to an activating group) is 2. The number of H-pyrrole nitrogens is 1. The van der Waals surface area contributed by atoms with Crippen molar-refractivity contribution < 1.29 is 47.5 Å². The summed E-state index contributed by atoms with van der Waals surface area (Å²) >= 11 is 1.72. The van der Waals surface area contributed by atoms with Crippen LogP contribution >= 0.6 is 11.3 Å². The van der Waals surface area contributed by atoms with Gasteiger partial charge in [-0.2, -0.15) is 0 Å². The Bertz CT molecular complexity index is 3230. The van der Waals surface area contributed by atoms with Crippen LogP contribution in [0.15, 0.2) is 40.8 Å². The van der Waals surface area contributed by atoms with Crippen molar-refractivity contribution in [3.8, 4) is 0 Å². The van der Waals surface area contributed by atoms with E-state index in [2.05, 4.69) is 198 Å². The molecule has 0 bridgehead atoms. The van der Waals surface area contributed by atoms with Crippen LogP contribution in [0.1, 0.15) is 380 Å². The average molecular weight is 1870 g/mol. The van der Waals surface area contributed by atoms with E-state index >= 15 is 0 Å². The summed E-state index contributed by atoms with van der Waals surface area (Å²) in [6.07, 6.45) is 12.0. The maximum absolute atomic E-state index is 11.8. The summed E-state index contributed by atoms with van der Waals surface area (Å²) in [5.41, 5.74) is -0.718. The summed E-state index contributed by atoms with van der Waals surface area (Å²) in [6.45, 7) is 94.0. The molecule has 3 aromatic rings. The molecule has 0 aromatic carbocycles. The Hall–Kier alpha value is -6.31. The lowest BCUT2D eigenvalue weighted by atomic mass is 9.54. The summed E-state index contributed by atoms with van der Waals surface area (Å²) in [5.74, 6) is 4.19. The molecule has 3 aromatic heterocycles. The van der Waals surface area contributed by atoms with Gasteiger partial charge in [0.1, 0.15) is 12.1 Å². The van der Waals surface area contributed by atoms with Gasteiger partial charge in [0.2, 0.25) is 47.3 Å². The van der Waals surface area contributed by atoms with Gasteiger partial charge in [0.25, 0.3) is 0 Å². The number of amides is 8. The predicted octanol–water partition coefficient (Wildman–Crippen LogP) is 23.6. The van der Waals surface area contributed by atoms with Crippen molar-refractivity contribution in [1.29, 1.82) is 0 Å². The first kappa shape index (κ1) is 152. The fourth-order valence-electron chi connectivity index (χ4n) is 11.2. The number of aromatic nitrogens is 4. The lowest BCUT2D eigenvalue weighted by Gasteiger charge is -2.49. The number of rotatable bonds is 2. The molecule has 0 atom stereocenters. The van der Waals surface area contributed by atoms with Gasteiger partial charge in [0, 0.05) is 192 Å². The second-order valence-corrected chi connectivity index (χ2v) is 47.2. The number of imidazole rings is 1. The molecule has 778 valence electrons. The van der Waals surface area contributed by atoms with Crippen LogP contribution < -0.4 is 16.0 Å². The highest BCUT2D eigenvalue weighted by atomic mass is 32.1. The van der Waals surface area contributed by atoms with Crippen molar-refractivity contribution in [2.24, 2.45) is 65.5 Å². The molecule has 0 unspecified atom stereocenters. The standard InChI is InChI=1S/2C10H20N2O.C10H19NO.C9H17NO2.C9H17NO.C9H19NO.C7H12N2.C7H11NO.C7H15NO.C7H11NS.C6H13NO.C5H12.9CH4/c2*1-10(2,3)9(13)12-7-5-11(4)6-8-12;1-9(2,3)10(6-5-7-10)8(12)11-4;1-9(2,3)8(11)10-4-6-12-7-5-10;1-7-5-10(6-7)8(11)9(2,3)4;1-8(2,3)9(4,5)7(11)10-6;2*1-7(2,3)6-8-4-5-9-6;1-7(2,3)6(9)8(4)5;1-7(2,3)6-8-4-5-9-6;1-6(2,3)5(8)7-4;1-5(2,3)4;;;;;;;;;/h2*5-8H2,1-4H3;5-7H2,1-4H3,(H,11,12);4-7H2,1-3H3;7H,5-6H2,1-4H3;1-6H3,(H,10,11);4-5H,1-3H3,(H,8,9);4-5H,1-3H3;1-5H3;4-5H,1-3H3;1-4H3,(H,7,8);1-4H3;9*1H4. The molecule has 5 aliphatic rings. The number of morpholine rings is 1. The molecule has 0 spiro atoms. The summed E-state index contributed by atoms with van der Waals surface area (Å²) in [4.78, 5) is 121. The normalized spacial score (nSPS) is 15.0. The number of hydrogen-bond acceptors (Lipinski definition) is 16. The van der Waals surface area contributed by atoms with Crippen LogP contribution in [-0.4, -0.2) is 243 Å². The van der Waals surface area contributed by atoms with Gasteiger partial charge < -0.3 is 64.4 Å². The maximum Gasteiger partial charge on any atom is 0.228 e. The molecule has 24 nitrogen and oxygen atoms in total. The van der Waals surface area contributed by atoms with Crippen LogP contribution in [0.3, 0.4) is 0 Å². The van der Waals surface area contributed by atoms with E-state index in [0.717, 1.165) is 103 Å². The molecule has 8 amide bonds. The zero-order valence-corrected chi connectivity index (χ0v) is 87.3. The number of ether oxygens (including phenoxy) is 1. The number of aromatic amines is 1. The van der Waals surface area contributed by atoms with Gasteiger partial charge in [0.15, 0.2) is 5.89 Å². The van der Waals surface area contributed by atoms with E-state index < -0.39 is 0 Å². The molecule has 4 aliphatic heterocycles. The smallest absolute Gasteiger partial charge is 0.228 e. The van der Waals surface area contributed by atoms with Crippen molar-refractivity contribution in [2.45, 2.75) is 379 Å². The number of nitrogens with one attached hydrogen (secondary N) is 4. The number of likely N-dealkylation sites (tertiary alicyclic amines) is 1. The van der Waals surface area contributed by atoms with Crippen LogP contribution in [0.25, 0.3) is 0 Å². The molecule has 4 N–H and O–H groups in total. The highest BCUT2D eigenvalue weighted by Gasteiger charge is 2.52. The monoisotopic (exact) mass is 1870 g/mol. The molecule has 25 heteroatoms. The molecule has 0 radical (unpaired) electrons.